The summed E-state index contributed by atoms with van der Waals surface area (Å²) >= 11 is 0. The number of rotatable bonds is 9. The van der Waals surface area contributed by atoms with Crippen LogP contribution in [0, 0.1) is 5.92 Å². The summed E-state index contributed by atoms with van der Waals surface area (Å²) in [7, 11) is 3.71. The Morgan fingerprint density at radius 1 is 1.05 bits per heavy atom. The first-order chi connectivity index (χ1) is 19.7. The van der Waals surface area contributed by atoms with E-state index in [0.717, 1.165) is 55.1 Å². The Kier molecular flexibility index (Phi) is 8.56. The van der Waals surface area contributed by atoms with Gasteiger partial charge in [0.2, 0.25) is 11.9 Å². The first-order valence-electron chi connectivity index (χ1n) is 14.2. The molecule has 0 aliphatic carbocycles. The molecular formula is C32H40N6O3. The number of fused-ring (bicyclic) bond motifs is 1. The van der Waals surface area contributed by atoms with E-state index in [9.17, 15) is 4.79 Å². The van der Waals surface area contributed by atoms with E-state index >= 15 is 0 Å². The molecule has 1 amide bonds. The van der Waals surface area contributed by atoms with Crippen LogP contribution in [0.2, 0.25) is 0 Å². The third-order valence-electron chi connectivity index (χ3n) is 7.63. The van der Waals surface area contributed by atoms with E-state index in [-0.39, 0.29) is 17.2 Å². The molecule has 1 saturated heterocycles. The van der Waals surface area contributed by atoms with Crippen molar-refractivity contribution in [2.24, 2.45) is 13.0 Å². The molecule has 1 fully saturated rings. The Bertz CT molecular complexity index is 1500. The van der Waals surface area contributed by atoms with Gasteiger partial charge >= 0.3 is 0 Å². The number of ether oxygens (including phenoxy) is 2. The molecule has 5 rings (SSSR count). The molecule has 2 aromatic heterocycles. The van der Waals surface area contributed by atoms with Crippen LogP contribution in [-0.2, 0) is 22.0 Å². The van der Waals surface area contributed by atoms with Crippen molar-refractivity contribution in [1.29, 1.82) is 0 Å². The Balaban J connectivity index is 1.23. The standard InChI is InChI=1S/C32H40N6O3/c1-32(2,3)23-7-6-8-24(19-23)34-31-35-27-20-25(9-10-28(27)37(31)4)41-26-11-14-33-29(21-26)36-30(39)22-12-15-38(16-13-22)17-18-40-5/h6-11,14,19-22H,12-13,15-18H2,1-5H3,(H,34,35)(H,33,36,39). The summed E-state index contributed by atoms with van der Waals surface area (Å²) in [4.78, 5) is 24.4. The summed E-state index contributed by atoms with van der Waals surface area (Å²) in [5.41, 5.74) is 4.12. The summed E-state index contributed by atoms with van der Waals surface area (Å²) in [5.74, 6) is 2.47. The maximum atomic E-state index is 12.9. The quantitative estimate of drug-likeness (QED) is 0.257. The fourth-order valence-corrected chi connectivity index (χ4v) is 5.09. The monoisotopic (exact) mass is 556 g/mol. The second kappa shape index (κ2) is 12.3. The second-order valence-corrected chi connectivity index (χ2v) is 11.7. The molecule has 9 heteroatoms. The number of benzene rings is 2. The summed E-state index contributed by atoms with van der Waals surface area (Å²) in [6.45, 7) is 10.0. The molecule has 0 saturated carbocycles. The van der Waals surface area contributed by atoms with Gasteiger partial charge in [-0.2, -0.15) is 0 Å². The summed E-state index contributed by atoms with van der Waals surface area (Å²) in [6, 6.07) is 17.8. The minimum atomic E-state index is -0.0227. The van der Waals surface area contributed by atoms with E-state index in [1.54, 1.807) is 25.4 Å². The molecule has 216 valence electrons. The van der Waals surface area contributed by atoms with Gasteiger partial charge in [0.15, 0.2) is 0 Å². The fraction of sp³-hybridized carbons (Fsp3) is 0.406. The molecule has 0 spiro atoms. The smallest absolute Gasteiger partial charge is 0.228 e. The van der Waals surface area contributed by atoms with Crippen molar-refractivity contribution < 1.29 is 14.3 Å². The molecule has 1 aliphatic heterocycles. The fourth-order valence-electron chi connectivity index (χ4n) is 5.09. The number of nitrogens with zero attached hydrogens (tertiary/aromatic N) is 4. The van der Waals surface area contributed by atoms with E-state index in [0.29, 0.717) is 23.9 Å². The topological polar surface area (TPSA) is 93.5 Å². The van der Waals surface area contributed by atoms with Gasteiger partial charge < -0.3 is 29.6 Å². The number of likely N-dealkylation sites (tertiary alicyclic amines) is 1. The molecule has 3 heterocycles. The van der Waals surface area contributed by atoms with Gasteiger partial charge in [-0.3, -0.25) is 4.79 Å². The Labute approximate surface area is 241 Å². The molecule has 9 nitrogen and oxygen atoms in total. The van der Waals surface area contributed by atoms with Crippen LogP contribution in [0.1, 0.15) is 39.2 Å². The van der Waals surface area contributed by atoms with Crippen molar-refractivity contribution in [3.05, 3.63) is 66.4 Å². The molecule has 0 radical (unpaired) electrons. The Morgan fingerprint density at radius 2 is 1.83 bits per heavy atom. The third kappa shape index (κ3) is 7.04. The first-order valence-corrected chi connectivity index (χ1v) is 14.2. The van der Waals surface area contributed by atoms with Crippen LogP contribution >= 0.6 is 0 Å². The van der Waals surface area contributed by atoms with Crippen LogP contribution in [-0.4, -0.2) is 58.7 Å². The SMILES string of the molecule is COCCN1CCC(C(=O)Nc2cc(Oc3ccc4c(c3)nc(Nc3cccc(C(C)(C)C)c3)n4C)ccn2)CC1. The van der Waals surface area contributed by atoms with Gasteiger partial charge in [-0.1, -0.05) is 32.9 Å². The minimum absolute atomic E-state index is 0.00372. The molecule has 4 aromatic rings. The molecule has 0 bridgehead atoms. The highest BCUT2D eigenvalue weighted by atomic mass is 16.5. The molecular weight excluding hydrogens is 516 g/mol. The normalized spacial score (nSPS) is 14.8. The Morgan fingerprint density at radius 3 is 2.59 bits per heavy atom. The average molecular weight is 557 g/mol. The van der Waals surface area contributed by atoms with E-state index in [1.807, 2.05) is 29.8 Å². The number of amides is 1. The number of pyridine rings is 1. The number of anilines is 3. The number of aryl methyl sites for hydroxylation is 1. The lowest BCUT2D eigenvalue weighted by atomic mass is 9.87. The van der Waals surface area contributed by atoms with Crippen molar-refractivity contribution >= 4 is 34.4 Å². The number of nitrogens with one attached hydrogen (secondary N) is 2. The number of piperidine rings is 1. The van der Waals surface area contributed by atoms with Gasteiger partial charge in [-0.25, -0.2) is 9.97 Å². The molecule has 2 aromatic carbocycles. The molecule has 2 N–H and O–H groups in total. The van der Waals surface area contributed by atoms with Gasteiger partial charge in [-0.15, -0.1) is 0 Å². The zero-order valence-corrected chi connectivity index (χ0v) is 24.6. The van der Waals surface area contributed by atoms with E-state index < -0.39 is 0 Å². The molecule has 0 unspecified atom stereocenters. The highest BCUT2D eigenvalue weighted by Gasteiger charge is 2.25. The zero-order valence-electron chi connectivity index (χ0n) is 24.6. The maximum Gasteiger partial charge on any atom is 0.228 e. The second-order valence-electron chi connectivity index (χ2n) is 11.7. The van der Waals surface area contributed by atoms with Crippen LogP contribution in [0.25, 0.3) is 11.0 Å². The van der Waals surface area contributed by atoms with Crippen molar-refractivity contribution in [1.82, 2.24) is 19.4 Å². The van der Waals surface area contributed by atoms with Crippen LogP contribution < -0.4 is 15.4 Å². The number of methoxy groups -OCH3 is 1. The number of imidazole rings is 1. The van der Waals surface area contributed by atoms with Crippen LogP contribution in [0.5, 0.6) is 11.5 Å². The van der Waals surface area contributed by atoms with Crippen molar-refractivity contribution in [2.75, 3.05) is 44.0 Å². The van der Waals surface area contributed by atoms with Crippen molar-refractivity contribution in [2.45, 2.75) is 39.0 Å². The number of hydrogen-bond acceptors (Lipinski definition) is 7. The van der Waals surface area contributed by atoms with Crippen LogP contribution in [0.4, 0.5) is 17.5 Å². The third-order valence-corrected chi connectivity index (χ3v) is 7.63. The van der Waals surface area contributed by atoms with Gasteiger partial charge in [0.05, 0.1) is 17.6 Å². The largest absolute Gasteiger partial charge is 0.457 e. The lowest BCUT2D eigenvalue weighted by molar-refractivity contribution is -0.121. The van der Waals surface area contributed by atoms with Gasteiger partial charge in [0.25, 0.3) is 0 Å². The van der Waals surface area contributed by atoms with Crippen LogP contribution in [0.15, 0.2) is 60.8 Å². The number of carbonyl (C=O) groups is 1. The van der Waals surface area contributed by atoms with E-state index in [2.05, 4.69) is 65.6 Å². The van der Waals surface area contributed by atoms with E-state index in [1.165, 1.54) is 5.56 Å². The van der Waals surface area contributed by atoms with Crippen LogP contribution in [0.3, 0.4) is 0 Å². The average Bonchev–Trinajstić information content (AvgIpc) is 3.26. The maximum absolute atomic E-state index is 12.9. The van der Waals surface area contributed by atoms with Crippen molar-refractivity contribution in [3.8, 4) is 11.5 Å². The predicted octanol–water partition coefficient (Wildman–Crippen LogP) is 6.10. The summed E-state index contributed by atoms with van der Waals surface area (Å²) < 4.78 is 13.3. The number of hydrogen-bond donors (Lipinski definition) is 2. The molecule has 1 aliphatic rings. The Hall–Kier alpha value is -3.95. The number of carbonyl (C=O) groups excluding carboxylic acids is 1. The zero-order chi connectivity index (χ0) is 29.0. The van der Waals surface area contributed by atoms with E-state index in [4.69, 9.17) is 14.5 Å². The highest BCUT2D eigenvalue weighted by Crippen LogP contribution is 2.30. The lowest BCUT2D eigenvalue weighted by Gasteiger charge is -2.30. The van der Waals surface area contributed by atoms with Gasteiger partial charge in [0.1, 0.15) is 17.3 Å². The van der Waals surface area contributed by atoms with Gasteiger partial charge in [-0.05, 0) is 67.2 Å². The first kappa shape index (κ1) is 28.6. The molecule has 0 atom stereocenters. The summed E-state index contributed by atoms with van der Waals surface area (Å²) in [6.07, 6.45) is 3.30. The highest BCUT2D eigenvalue weighted by molar-refractivity contribution is 5.92. The lowest BCUT2D eigenvalue weighted by Crippen LogP contribution is -2.39. The number of aromatic nitrogens is 3. The van der Waals surface area contributed by atoms with Gasteiger partial charge in [0, 0.05) is 50.6 Å². The molecule has 41 heavy (non-hydrogen) atoms. The predicted molar refractivity (Wildman–Crippen MR) is 163 cm³/mol. The minimum Gasteiger partial charge on any atom is -0.457 e. The summed E-state index contributed by atoms with van der Waals surface area (Å²) in [5, 5.41) is 6.44. The van der Waals surface area contributed by atoms with Crippen molar-refractivity contribution in [3.63, 3.8) is 0 Å².